The van der Waals surface area contributed by atoms with E-state index in [-0.39, 0.29) is 12.5 Å². The molecule has 2 heterocycles. The van der Waals surface area contributed by atoms with Crippen LogP contribution < -0.4 is 15.0 Å². The summed E-state index contributed by atoms with van der Waals surface area (Å²) in [5.74, 6) is 0.642. The van der Waals surface area contributed by atoms with E-state index in [9.17, 15) is 9.18 Å². The molecule has 0 bridgehead atoms. The maximum atomic E-state index is 13.1. The van der Waals surface area contributed by atoms with Gasteiger partial charge in [0, 0.05) is 45.0 Å². The van der Waals surface area contributed by atoms with Gasteiger partial charge in [0.2, 0.25) is 0 Å². The van der Waals surface area contributed by atoms with Crippen LogP contribution in [0, 0.1) is 5.82 Å². The fourth-order valence-corrected chi connectivity index (χ4v) is 2.96. The molecule has 7 heteroatoms. The highest BCUT2D eigenvalue weighted by Gasteiger charge is 2.16. The molecule has 1 aliphatic heterocycles. The van der Waals surface area contributed by atoms with E-state index in [0.29, 0.717) is 12.3 Å². The van der Waals surface area contributed by atoms with Crippen LogP contribution in [0.4, 0.5) is 10.2 Å². The summed E-state index contributed by atoms with van der Waals surface area (Å²) in [5, 5.41) is 2.78. The predicted octanol–water partition coefficient (Wildman–Crippen LogP) is 2.06. The maximum absolute atomic E-state index is 13.1. The number of piperazine rings is 1. The molecule has 1 N–H and O–H groups in total. The van der Waals surface area contributed by atoms with Gasteiger partial charge in [-0.25, -0.2) is 9.37 Å². The van der Waals surface area contributed by atoms with Gasteiger partial charge in [-0.15, -0.1) is 0 Å². The van der Waals surface area contributed by atoms with E-state index >= 15 is 0 Å². The lowest BCUT2D eigenvalue weighted by atomic mass is 10.2. The van der Waals surface area contributed by atoms with Crippen molar-refractivity contribution in [3.05, 3.63) is 54.0 Å². The Kier molecular flexibility index (Phi) is 6.59. The summed E-state index contributed by atoms with van der Waals surface area (Å²) in [5.41, 5.74) is 0.921. The van der Waals surface area contributed by atoms with Gasteiger partial charge in [0.25, 0.3) is 5.91 Å². The average Bonchev–Trinajstić information content (AvgIpc) is 2.71. The second-order valence-corrected chi connectivity index (χ2v) is 6.47. The zero-order valence-electron chi connectivity index (χ0n) is 15.5. The van der Waals surface area contributed by atoms with Crippen molar-refractivity contribution in [3.8, 4) is 5.75 Å². The molecule has 6 nitrogen and oxygen atoms in total. The quantitative estimate of drug-likeness (QED) is 0.806. The minimum atomic E-state index is -0.393. The van der Waals surface area contributed by atoms with Gasteiger partial charge in [-0.2, -0.15) is 0 Å². The molecule has 0 unspecified atom stereocenters. The molecule has 1 aliphatic rings. The van der Waals surface area contributed by atoms with E-state index in [4.69, 9.17) is 4.74 Å². The molecule has 3 rings (SSSR count). The van der Waals surface area contributed by atoms with Crippen molar-refractivity contribution < 1.29 is 13.9 Å². The third kappa shape index (κ3) is 5.65. The zero-order valence-corrected chi connectivity index (χ0v) is 15.5. The average molecular weight is 372 g/mol. The van der Waals surface area contributed by atoms with E-state index in [1.807, 2.05) is 12.1 Å². The van der Waals surface area contributed by atoms with Gasteiger partial charge in [-0.1, -0.05) is 19.1 Å². The molecule has 1 fully saturated rings. The van der Waals surface area contributed by atoms with Crippen molar-refractivity contribution in [1.29, 1.82) is 0 Å². The van der Waals surface area contributed by atoms with Gasteiger partial charge in [-0.05, 0) is 30.3 Å². The van der Waals surface area contributed by atoms with Crippen LogP contribution in [-0.2, 0) is 11.3 Å². The van der Waals surface area contributed by atoms with E-state index < -0.39 is 5.82 Å². The smallest absolute Gasteiger partial charge is 0.258 e. The topological polar surface area (TPSA) is 57.7 Å². The van der Waals surface area contributed by atoms with Gasteiger partial charge in [0.15, 0.2) is 6.61 Å². The standard InChI is InChI=1S/C20H25FN4O2/c1-2-24-8-10-25(11-9-24)19-7-6-16(13-22-19)14-23-20(26)15-27-18-5-3-4-17(21)12-18/h3-7,12-13H,2,8-11,14-15H2,1H3,(H,23,26). The van der Waals surface area contributed by atoms with Crippen molar-refractivity contribution in [2.75, 3.05) is 44.2 Å². The molecule has 1 aromatic carbocycles. The summed E-state index contributed by atoms with van der Waals surface area (Å²) in [6, 6.07) is 9.69. The Labute approximate surface area is 158 Å². The Bertz CT molecular complexity index is 746. The molecule has 1 amide bonds. The van der Waals surface area contributed by atoms with Crippen LogP contribution in [0.5, 0.6) is 5.75 Å². The monoisotopic (exact) mass is 372 g/mol. The Hall–Kier alpha value is -2.67. The lowest BCUT2D eigenvalue weighted by Crippen LogP contribution is -2.46. The Balaban J connectivity index is 1.42. The molecule has 2 aromatic rings. The molecule has 144 valence electrons. The summed E-state index contributed by atoms with van der Waals surface area (Å²) < 4.78 is 18.3. The van der Waals surface area contributed by atoms with Crippen molar-refractivity contribution >= 4 is 11.7 Å². The first kappa shape index (κ1) is 19.1. The number of halogens is 1. The highest BCUT2D eigenvalue weighted by molar-refractivity contribution is 5.77. The first-order valence-corrected chi connectivity index (χ1v) is 9.21. The molecular weight excluding hydrogens is 347 g/mol. The third-order valence-electron chi connectivity index (χ3n) is 4.61. The maximum Gasteiger partial charge on any atom is 0.258 e. The van der Waals surface area contributed by atoms with E-state index in [1.54, 1.807) is 12.3 Å². The predicted molar refractivity (Wildman–Crippen MR) is 102 cm³/mol. The number of hydrogen-bond acceptors (Lipinski definition) is 5. The van der Waals surface area contributed by atoms with Gasteiger partial charge >= 0.3 is 0 Å². The number of benzene rings is 1. The van der Waals surface area contributed by atoms with Crippen molar-refractivity contribution in [2.45, 2.75) is 13.5 Å². The molecule has 0 spiro atoms. The minimum Gasteiger partial charge on any atom is -0.484 e. The van der Waals surface area contributed by atoms with E-state index in [1.165, 1.54) is 18.2 Å². The highest BCUT2D eigenvalue weighted by Crippen LogP contribution is 2.14. The second kappa shape index (κ2) is 9.32. The number of hydrogen-bond donors (Lipinski definition) is 1. The number of carbonyl (C=O) groups excluding carboxylic acids is 1. The third-order valence-corrected chi connectivity index (χ3v) is 4.61. The molecule has 1 saturated heterocycles. The summed E-state index contributed by atoms with van der Waals surface area (Å²) in [6.07, 6.45) is 1.79. The second-order valence-electron chi connectivity index (χ2n) is 6.47. The molecule has 27 heavy (non-hydrogen) atoms. The molecule has 0 radical (unpaired) electrons. The Morgan fingerprint density at radius 3 is 2.70 bits per heavy atom. The van der Waals surface area contributed by atoms with E-state index in [2.05, 4.69) is 27.0 Å². The number of ether oxygens (including phenoxy) is 1. The van der Waals surface area contributed by atoms with Gasteiger partial charge in [0.05, 0.1) is 0 Å². The van der Waals surface area contributed by atoms with Gasteiger partial charge < -0.3 is 19.9 Å². The normalized spacial score (nSPS) is 14.8. The number of likely N-dealkylation sites (N-methyl/N-ethyl adjacent to an activating group) is 1. The van der Waals surface area contributed by atoms with Gasteiger partial charge in [-0.3, -0.25) is 4.79 Å². The fourth-order valence-electron chi connectivity index (χ4n) is 2.96. The first-order valence-electron chi connectivity index (χ1n) is 9.21. The number of amides is 1. The largest absolute Gasteiger partial charge is 0.484 e. The number of nitrogens with one attached hydrogen (secondary N) is 1. The van der Waals surface area contributed by atoms with Crippen molar-refractivity contribution in [2.24, 2.45) is 0 Å². The summed E-state index contributed by atoms with van der Waals surface area (Å²) in [7, 11) is 0. The molecule has 0 aliphatic carbocycles. The van der Waals surface area contributed by atoms with Crippen LogP contribution in [-0.4, -0.2) is 55.1 Å². The van der Waals surface area contributed by atoms with Crippen molar-refractivity contribution in [1.82, 2.24) is 15.2 Å². The first-order chi connectivity index (χ1) is 13.1. The molecule has 1 aromatic heterocycles. The van der Waals surface area contributed by atoms with Crippen LogP contribution in [0.25, 0.3) is 0 Å². The Morgan fingerprint density at radius 2 is 2.04 bits per heavy atom. The van der Waals surface area contributed by atoms with E-state index in [0.717, 1.165) is 44.1 Å². The number of rotatable bonds is 7. The van der Waals surface area contributed by atoms with Crippen LogP contribution >= 0.6 is 0 Å². The summed E-state index contributed by atoms with van der Waals surface area (Å²) >= 11 is 0. The van der Waals surface area contributed by atoms with Crippen LogP contribution in [0.15, 0.2) is 42.6 Å². The number of pyridine rings is 1. The van der Waals surface area contributed by atoms with Crippen LogP contribution in [0.2, 0.25) is 0 Å². The van der Waals surface area contributed by atoms with Crippen molar-refractivity contribution in [3.63, 3.8) is 0 Å². The molecular formula is C20H25FN4O2. The Morgan fingerprint density at radius 1 is 1.22 bits per heavy atom. The van der Waals surface area contributed by atoms with Crippen LogP contribution in [0.3, 0.4) is 0 Å². The molecule has 0 saturated carbocycles. The SMILES string of the molecule is CCN1CCN(c2ccc(CNC(=O)COc3cccc(F)c3)cn2)CC1. The van der Waals surface area contributed by atoms with Gasteiger partial charge in [0.1, 0.15) is 17.4 Å². The summed E-state index contributed by atoms with van der Waals surface area (Å²) in [4.78, 5) is 21.1. The number of nitrogens with zero attached hydrogens (tertiary/aromatic N) is 3. The summed E-state index contributed by atoms with van der Waals surface area (Å²) in [6.45, 7) is 7.56. The molecule has 0 atom stereocenters. The fraction of sp³-hybridized carbons (Fsp3) is 0.400. The highest BCUT2D eigenvalue weighted by atomic mass is 19.1. The number of anilines is 1. The number of carbonyl (C=O) groups is 1. The van der Waals surface area contributed by atoms with Crippen LogP contribution in [0.1, 0.15) is 12.5 Å². The minimum absolute atomic E-state index is 0.156. The lowest BCUT2D eigenvalue weighted by Gasteiger charge is -2.34. The lowest BCUT2D eigenvalue weighted by molar-refractivity contribution is -0.123. The zero-order chi connectivity index (χ0) is 19.1. The number of aromatic nitrogens is 1.